The highest BCUT2D eigenvalue weighted by Gasteiger charge is 2.01. The van der Waals surface area contributed by atoms with E-state index in [9.17, 15) is 4.79 Å². The predicted molar refractivity (Wildman–Crippen MR) is 59.1 cm³/mol. The molecule has 0 saturated carbocycles. The van der Waals surface area contributed by atoms with Crippen LogP contribution in [0.2, 0.25) is 0 Å². The molecule has 0 unspecified atom stereocenters. The van der Waals surface area contributed by atoms with Crippen LogP contribution in [0.3, 0.4) is 0 Å². The van der Waals surface area contributed by atoms with E-state index in [-0.39, 0.29) is 0 Å². The Morgan fingerprint density at radius 3 is 1.86 bits per heavy atom. The number of aromatic carboxylic acids is 1. The largest absolute Gasteiger partial charge is 0.478 e. The van der Waals surface area contributed by atoms with Gasteiger partial charge in [-0.1, -0.05) is 13.8 Å². The molecule has 0 aliphatic carbocycles. The first-order valence-electron chi connectivity index (χ1n) is 4.62. The molecule has 3 nitrogen and oxygen atoms in total. The second-order valence-corrected chi connectivity index (χ2v) is 2.75. The summed E-state index contributed by atoms with van der Waals surface area (Å²) in [4.78, 5) is 12.4. The second kappa shape index (κ2) is 6.02. The predicted octanol–water partition coefficient (Wildman–Crippen LogP) is 2.48. The zero-order chi connectivity index (χ0) is 11.1. The summed E-state index contributed by atoms with van der Waals surface area (Å²) in [5, 5.41) is 8.60. The monoisotopic (exact) mass is 195 g/mol. The third-order valence-electron chi connectivity index (χ3n) is 1.63. The lowest BCUT2D eigenvalue weighted by atomic mass is 10.2. The smallest absolute Gasteiger partial charge is 0.335 e. The Morgan fingerprint density at radius 1 is 1.14 bits per heavy atom. The standard InChI is InChI=1S/C9H11NO2.C2H6/c1-10(2)8-5-3-7(4-6-8)9(11)12;1-2/h3-6H,1-2H3,(H,11,12);1-2H3. The van der Waals surface area contributed by atoms with Gasteiger partial charge in [0.15, 0.2) is 0 Å². The van der Waals surface area contributed by atoms with E-state index < -0.39 is 5.97 Å². The van der Waals surface area contributed by atoms with E-state index in [0.29, 0.717) is 5.56 Å². The van der Waals surface area contributed by atoms with Crippen LogP contribution in [0.4, 0.5) is 5.69 Å². The van der Waals surface area contributed by atoms with Crippen molar-refractivity contribution in [3.8, 4) is 0 Å². The summed E-state index contributed by atoms with van der Waals surface area (Å²) >= 11 is 0. The Morgan fingerprint density at radius 2 is 1.57 bits per heavy atom. The second-order valence-electron chi connectivity index (χ2n) is 2.75. The van der Waals surface area contributed by atoms with Gasteiger partial charge in [-0.15, -0.1) is 0 Å². The van der Waals surface area contributed by atoms with Crippen LogP contribution in [-0.4, -0.2) is 25.2 Å². The third kappa shape index (κ3) is 3.47. The lowest BCUT2D eigenvalue weighted by Gasteiger charge is -2.11. The summed E-state index contributed by atoms with van der Waals surface area (Å²) in [5.41, 5.74) is 1.32. The quantitative estimate of drug-likeness (QED) is 0.788. The van der Waals surface area contributed by atoms with Crippen LogP contribution in [0, 0.1) is 0 Å². The van der Waals surface area contributed by atoms with Crippen LogP contribution in [0.5, 0.6) is 0 Å². The molecule has 0 bridgehead atoms. The maximum atomic E-state index is 10.5. The average molecular weight is 195 g/mol. The van der Waals surface area contributed by atoms with E-state index in [1.807, 2.05) is 32.8 Å². The maximum Gasteiger partial charge on any atom is 0.335 e. The van der Waals surface area contributed by atoms with Gasteiger partial charge in [0.1, 0.15) is 0 Å². The lowest BCUT2D eigenvalue weighted by molar-refractivity contribution is 0.0697. The van der Waals surface area contributed by atoms with Gasteiger partial charge >= 0.3 is 5.97 Å². The minimum absolute atomic E-state index is 0.320. The molecule has 0 amide bonds. The first kappa shape index (κ1) is 12.5. The summed E-state index contributed by atoms with van der Waals surface area (Å²) in [6, 6.07) is 6.75. The Balaban J connectivity index is 0.000000791. The number of rotatable bonds is 2. The van der Waals surface area contributed by atoms with Crippen molar-refractivity contribution in [1.29, 1.82) is 0 Å². The van der Waals surface area contributed by atoms with Crippen LogP contribution in [0.15, 0.2) is 24.3 Å². The number of benzene rings is 1. The molecule has 0 radical (unpaired) electrons. The number of carboxylic acids is 1. The van der Waals surface area contributed by atoms with Gasteiger partial charge in [0.25, 0.3) is 0 Å². The summed E-state index contributed by atoms with van der Waals surface area (Å²) in [6.45, 7) is 4.00. The molecule has 0 spiro atoms. The first-order valence-corrected chi connectivity index (χ1v) is 4.62. The summed E-state index contributed by atoms with van der Waals surface area (Å²) < 4.78 is 0. The molecule has 0 aromatic heterocycles. The van der Waals surface area contributed by atoms with Gasteiger partial charge in [-0.2, -0.15) is 0 Å². The van der Waals surface area contributed by atoms with Gasteiger partial charge in [-0.3, -0.25) is 0 Å². The molecule has 0 fully saturated rings. The first-order chi connectivity index (χ1) is 6.61. The van der Waals surface area contributed by atoms with Crippen molar-refractivity contribution >= 4 is 11.7 Å². The van der Waals surface area contributed by atoms with E-state index in [2.05, 4.69) is 0 Å². The van der Waals surface area contributed by atoms with Crippen LogP contribution in [0.1, 0.15) is 24.2 Å². The van der Waals surface area contributed by atoms with Gasteiger partial charge in [-0.05, 0) is 24.3 Å². The fraction of sp³-hybridized carbons (Fsp3) is 0.364. The summed E-state index contributed by atoms with van der Waals surface area (Å²) in [5.74, 6) is -0.889. The van der Waals surface area contributed by atoms with E-state index in [0.717, 1.165) is 5.69 Å². The molecule has 0 atom stereocenters. The van der Waals surface area contributed by atoms with Crippen LogP contribution < -0.4 is 4.90 Å². The topological polar surface area (TPSA) is 40.5 Å². The van der Waals surface area contributed by atoms with E-state index in [4.69, 9.17) is 5.11 Å². The van der Waals surface area contributed by atoms with Crippen molar-refractivity contribution in [1.82, 2.24) is 0 Å². The van der Waals surface area contributed by atoms with E-state index in [1.54, 1.807) is 24.3 Å². The molecule has 1 N–H and O–H groups in total. The van der Waals surface area contributed by atoms with Crippen LogP contribution >= 0.6 is 0 Å². The minimum Gasteiger partial charge on any atom is -0.478 e. The van der Waals surface area contributed by atoms with Crippen LogP contribution in [-0.2, 0) is 0 Å². The molecule has 0 aliphatic heterocycles. The molecular formula is C11H17NO2. The van der Waals surface area contributed by atoms with Crippen molar-refractivity contribution in [2.45, 2.75) is 13.8 Å². The molecular weight excluding hydrogens is 178 g/mol. The fourth-order valence-corrected chi connectivity index (χ4v) is 0.902. The molecule has 0 saturated heterocycles. The zero-order valence-electron chi connectivity index (χ0n) is 9.11. The van der Waals surface area contributed by atoms with E-state index >= 15 is 0 Å². The molecule has 1 rings (SSSR count). The highest BCUT2D eigenvalue weighted by Crippen LogP contribution is 2.11. The van der Waals surface area contributed by atoms with Gasteiger partial charge in [0.2, 0.25) is 0 Å². The average Bonchev–Trinajstić information content (AvgIpc) is 2.21. The number of hydrogen-bond donors (Lipinski definition) is 1. The minimum atomic E-state index is -0.889. The number of anilines is 1. The third-order valence-corrected chi connectivity index (χ3v) is 1.63. The zero-order valence-corrected chi connectivity index (χ0v) is 9.11. The van der Waals surface area contributed by atoms with Gasteiger partial charge < -0.3 is 10.0 Å². The number of nitrogens with zero attached hydrogens (tertiary/aromatic N) is 1. The Labute approximate surface area is 85.0 Å². The highest BCUT2D eigenvalue weighted by molar-refractivity contribution is 5.88. The molecule has 78 valence electrons. The summed E-state index contributed by atoms with van der Waals surface area (Å²) in [7, 11) is 3.82. The molecule has 14 heavy (non-hydrogen) atoms. The van der Waals surface area contributed by atoms with Crippen molar-refractivity contribution in [2.24, 2.45) is 0 Å². The van der Waals surface area contributed by atoms with Gasteiger partial charge in [-0.25, -0.2) is 4.79 Å². The SMILES string of the molecule is CC.CN(C)c1ccc(C(=O)O)cc1. The Kier molecular flexibility index (Phi) is 5.37. The Bertz CT molecular complexity index is 278. The number of hydrogen-bond acceptors (Lipinski definition) is 2. The number of carboxylic acid groups (broad SMARTS) is 1. The van der Waals surface area contributed by atoms with Crippen molar-refractivity contribution in [2.75, 3.05) is 19.0 Å². The molecule has 0 aliphatic rings. The highest BCUT2D eigenvalue weighted by atomic mass is 16.4. The molecule has 0 heterocycles. The molecule has 1 aromatic rings. The Hall–Kier alpha value is -1.51. The van der Waals surface area contributed by atoms with Crippen molar-refractivity contribution in [3.05, 3.63) is 29.8 Å². The normalized spacial score (nSPS) is 8.57. The number of carbonyl (C=O) groups is 1. The van der Waals surface area contributed by atoms with Gasteiger partial charge in [0.05, 0.1) is 5.56 Å². The van der Waals surface area contributed by atoms with Crippen molar-refractivity contribution < 1.29 is 9.90 Å². The van der Waals surface area contributed by atoms with Crippen LogP contribution in [0.25, 0.3) is 0 Å². The molecule has 1 aromatic carbocycles. The lowest BCUT2D eigenvalue weighted by Crippen LogP contribution is -2.08. The molecule has 3 heteroatoms. The van der Waals surface area contributed by atoms with Gasteiger partial charge in [0, 0.05) is 19.8 Å². The van der Waals surface area contributed by atoms with Crippen molar-refractivity contribution in [3.63, 3.8) is 0 Å². The maximum absolute atomic E-state index is 10.5. The van der Waals surface area contributed by atoms with E-state index in [1.165, 1.54) is 0 Å². The fourth-order valence-electron chi connectivity index (χ4n) is 0.902. The summed E-state index contributed by atoms with van der Waals surface area (Å²) in [6.07, 6.45) is 0.